The lowest BCUT2D eigenvalue weighted by Gasteiger charge is -2.15. The molecule has 2 aromatic rings. The molecule has 0 radical (unpaired) electrons. The van der Waals surface area contributed by atoms with Gasteiger partial charge in [0.05, 0.1) is 6.20 Å². The second kappa shape index (κ2) is 4.36. The van der Waals surface area contributed by atoms with E-state index < -0.39 is 0 Å². The Labute approximate surface area is 102 Å². The summed E-state index contributed by atoms with van der Waals surface area (Å²) in [6, 6.07) is 8.70. The third kappa shape index (κ3) is 1.78. The lowest BCUT2D eigenvalue weighted by atomic mass is 9.96. The van der Waals surface area contributed by atoms with Crippen LogP contribution in [-0.4, -0.2) is 9.78 Å². The van der Waals surface area contributed by atoms with Gasteiger partial charge < -0.3 is 0 Å². The lowest BCUT2D eigenvalue weighted by Crippen LogP contribution is -2.11. The third-order valence-corrected chi connectivity index (χ3v) is 3.67. The second-order valence-electron chi connectivity index (χ2n) is 4.70. The molecule has 0 N–H and O–H groups in total. The molecule has 3 rings (SSSR count). The van der Waals surface area contributed by atoms with Crippen molar-refractivity contribution >= 4 is 0 Å². The summed E-state index contributed by atoms with van der Waals surface area (Å²) in [5.74, 6) is 0. The molecule has 0 atom stereocenters. The van der Waals surface area contributed by atoms with Gasteiger partial charge in [-0.1, -0.05) is 31.2 Å². The quantitative estimate of drug-likeness (QED) is 0.767. The van der Waals surface area contributed by atoms with Crippen LogP contribution in [0.5, 0.6) is 0 Å². The van der Waals surface area contributed by atoms with Crippen molar-refractivity contribution in [1.82, 2.24) is 9.78 Å². The minimum atomic E-state index is 1.08. The minimum absolute atomic E-state index is 1.08. The van der Waals surface area contributed by atoms with E-state index in [-0.39, 0.29) is 0 Å². The van der Waals surface area contributed by atoms with E-state index in [1.807, 2.05) is 0 Å². The Bertz CT molecular complexity index is 525. The molecular formula is C15H18N2. The van der Waals surface area contributed by atoms with Crippen molar-refractivity contribution in [2.45, 2.75) is 39.2 Å². The predicted octanol–water partition coefficient (Wildman–Crippen LogP) is 3.45. The fourth-order valence-corrected chi connectivity index (χ4v) is 2.74. The first kappa shape index (κ1) is 10.6. The highest BCUT2D eigenvalue weighted by molar-refractivity contribution is 5.69. The summed E-state index contributed by atoms with van der Waals surface area (Å²) in [5, 5.41) is 4.53. The molecule has 0 aliphatic carbocycles. The van der Waals surface area contributed by atoms with Crippen LogP contribution in [0.15, 0.2) is 30.5 Å². The van der Waals surface area contributed by atoms with Gasteiger partial charge in [0.2, 0.25) is 0 Å². The summed E-state index contributed by atoms with van der Waals surface area (Å²) >= 11 is 0. The van der Waals surface area contributed by atoms with Crippen LogP contribution in [0.2, 0.25) is 0 Å². The molecule has 1 aliphatic heterocycles. The van der Waals surface area contributed by atoms with Crippen molar-refractivity contribution in [3.63, 3.8) is 0 Å². The molecule has 0 spiro atoms. The summed E-state index contributed by atoms with van der Waals surface area (Å²) < 4.78 is 2.19. The van der Waals surface area contributed by atoms with Crippen LogP contribution >= 0.6 is 0 Å². The van der Waals surface area contributed by atoms with Crippen LogP contribution in [0.1, 0.15) is 31.0 Å². The molecule has 1 aromatic heterocycles. The van der Waals surface area contributed by atoms with E-state index >= 15 is 0 Å². The molecule has 0 saturated carbocycles. The number of rotatable bonds is 2. The molecule has 0 bridgehead atoms. The molecule has 2 heteroatoms. The fraction of sp³-hybridized carbons (Fsp3) is 0.400. The molecule has 0 unspecified atom stereocenters. The van der Waals surface area contributed by atoms with Gasteiger partial charge in [0.15, 0.2) is 0 Å². The van der Waals surface area contributed by atoms with E-state index in [4.69, 9.17) is 0 Å². The highest BCUT2D eigenvalue weighted by Crippen LogP contribution is 2.30. The van der Waals surface area contributed by atoms with Crippen molar-refractivity contribution in [3.05, 3.63) is 41.7 Å². The molecule has 2 nitrogen and oxygen atoms in total. The molecule has 1 aliphatic rings. The molecular weight excluding hydrogens is 208 g/mol. The van der Waals surface area contributed by atoms with Gasteiger partial charge in [-0.2, -0.15) is 5.10 Å². The Balaban J connectivity index is 2.12. The molecule has 0 amide bonds. The van der Waals surface area contributed by atoms with E-state index in [9.17, 15) is 0 Å². The number of hydrogen-bond donors (Lipinski definition) is 0. The van der Waals surface area contributed by atoms with Gasteiger partial charge in [-0.05, 0) is 36.8 Å². The number of fused-ring (bicyclic) bond motifs is 1. The smallest absolute Gasteiger partial charge is 0.0571 e. The summed E-state index contributed by atoms with van der Waals surface area (Å²) in [4.78, 5) is 0. The Morgan fingerprint density at radius 3 is 2.94 bits per heavy atom. The Kier molecular flexibility index (Phi) is 2.71. The van der Waals surface area contributed by atoms with E-state index in [2.05, 4.69) is 47.2 Å². The minimum Gasteiger partial charge on any atom is -0.269 e. The summed E-state index contributed by atoms with van der Waals surface area (Å²) in [6.45, 7) is 3.30. The largest absolute Gasteiger partial charge is 0.269 e. The van der Waals surface area contributed by atoms with Crippen LogP contribution in [0.3, 0.4) is 0 Å². The first-order valence-corrected chi connectivity index (χ1v) is 6.53. The zero-order valence-corrected chi connectivity index (χ0v) is 10.3. The molecule has 1 aromatic carbocycles. The van der Waals surface area contributed by atoms with E-state index in [1.54, 1.807) is 0 Å². The van der Waals surface area contributed by atoms with Crippen molar-refractivity contribution in [3.8, 4) is 11.1 Å². The summed E-state index contributed by atoms with van der Waals surface area (Å²) in [7, 11) is 0. The molecule has 0 fully saturated rings. The third-order valence-electron chi connectivity index (χ3n) is 3.67. The average molecular weight is 226 g/mol. The molecule has 0 saturated heterocycles. The monoisotopic (exact) mass is 226 g/mol. The van der Waals surface area contributed by atoms with Gasteiger partial charge in [0.1, 0.15) is 0 Å². The van der Waals surface area contributed by atoms with Crippen LogP contribution in [0.25, 0.3) is 11.1 Å². The van der Waals surface area contributed by atoms with Gasteiger partial charge in [-0.25, -0.2) is 0 Å². The molecule has 2 heterocycles. The standard InChI is InChI=1S/C15H18N2/c1-2-12-7-3-4-8-13(12)14-11-16-17-10-6-5-9-15(14)17/h3-4,7-8,11H,2,5-6,9-10H2,1H3. The van der Waals surface area contributed by atoms with Gasteiger partial charge in [-0.15, -0.1) is 0 Å². The van der Waals surface area contributed by atoms with Gasteiger partial charge in [0.25, 0.3) is 0 Å². The van der Waals surface area contributed by atoms with Gasteiger partial charge in [0, 0.05) is 17.8 Å². The van der Waals surface area contributed by atoms with E-state index in [0.717, 1.165) is 13.0 Å². The van der Waals surface area contributed by atoms with Gasteiger partial charge >= 0.3 is 0 Å². The number of hydrogen-bond acceptors (Lipinski definition) is 1. The van der Waals surface area contributed by atoms with E-state index in [0.29, 0.717) is 0 Å². The summed E-state index contributed by atoms with van der Waals surface area (Å²) in [6.07, 6.45) is 6.87. The van der Waals surface area contributed by atoms with Crippen LogP contribution in [0.4, 0.5) is 0 Å². The Morgan fingerprint density at radius 2 is 2.06 bits per heavy atom. The SMILES string of the molecule is CCc1ccccc1-c1cnn2c1CCCC2. The van der Waals surface area contributed by atoms with Crippen molar-refractivity contribution in [2.24, 2.45) is 0 Å². The fourth-order valence-electron chi connectivity index (χ4n) is 2.74. The topological polar surface area (TPSA) is 17.8 Å². The number of aromatic nitrogens is 2. The zero-order valence-electron chi connectivity index (χ0n) is 10.3. The van der Waals surface area contributed by atoms with Crippen LogP contribution < -0.4 is 0 Å². The zero-order chi connectivity index (χ0) is 11.7. The number of benzene rings is 1. The first-order chi connectivity index (χ1) is 8.40. The molecule has 17 heavy (non-hydrogen) atoms. The highest BCUT2D eigenvalue weighted by Gasteiger charge is 2.16. The maximum absolute atomic E-state index is 4.53. The normalized spacial score (nSPS) is 14.6. The van der Waals surface area contributed by atoms with Crippen LogP contribution in [0, 0.1) is 0 Å². The highest BCUT2D eigenvalue weighted by atomic mass is 15.3. The second-order valence-corrected chi connectivity index (χ2v) is 4.70. The van der Waals surface area contributed by atoms with E-state index in [1.165, 1.54) is 41.6 Å². The average Bonchev–Trinajstić information content (AvgIpc) is 2.82. The van der Waals surface area contributed by atoms with Crippen LogP contribution in [-0.2, 0) is 19.4 Å². The van der Waals surface area contributed by atoms with Gasteiger partial charge in [-0.3, -0.25) is 4.68 Å². The maximum Gasteiger partial charge on any atom is 0.0571 e. The lowest BCUT2D eigenvalue weighted by molar-refractivity contribution is 0.487. The Hall–Kier alpha value is -1.57. The van der Waals surface area contributed by atoms with Crippen molar-refractivity contribution < 1.29 is 0 Å². The number of nitrogens with zero attached hydrogens (tertiary/aromatic N) is 2. The number of aryl methyl sites for hydroxylation is 2. The van der Waals surface area contributed by atoms with Crippen molar-refractivity contribution in [2.75, 3.05) is 0 Å². The predicted molar refractivity (Wildman–Crippen MR) is 70.0 cm³/mol. The first-order valence-electron chi connectivity index (χ1n) is 6.53. The maximum atomic E-state index is 4.53. The summed E-state index contributed by atoms with van der Waals surface area (Å²) in [5.41, 5.74) is 5.58. The Morgan fingerprint density at radius 1 is 1.18 bits per heavy atom. The molecule has 88 valence electrons. The van der Waals surface area contributed by atoms with Crippen molar-refractivity contribution in [1.29, 1.82) is 0 Å².